The average molecular weight is 210 g/mol. The van der Waals surface area contributed by atoms with Crippen molar-refractivity contribution < 1.29 is 8.78 Å². The van der Waals surface area contributed by atoms with Crippen molar-refractivity contribution in [3.63, 3.8) is 0 Å². The third-order valence-electron chi connectivity index (χ3n) is 1.91. The molecule has 0 unspecified atom stereocenters. The first-order valence-electron chi connectivity index (χ1n) is 4.44. The van der Waals surface area contributed by atoms with E-state index in [0.717, 1.165) is 12.1 Å². The van der Waals surface area contributed by atoms with Gasteiger partial charge < -0.3 is 0 Å². The lowest BCUT2D eigenvalue weighted by Crippen LogP contribution is -1.98. The Kier molecular flexibility index (Phi) is 2.40. The van der Waals surface area contributed by atoms with Crippen molar-refractivity contribution in [1.82, 2.24) is 20.2 Å². The lowest BCUT2D eigenvalue weighted by atomic mass is 10.2. The van der Waals surface area contributed by atoms with Gasteiger partial charge in [-0.2, -0.15) is 4.80 Å². The monoisotopic (exact) mass is 210 g/mol. The Hall–Kier alpha value is -1.85. The van der Waals surface area contributed by atoms with Gasteiger partial charge in [0.25, 0.3) is 0 Å². The number of halogens is 2. The van der Waals surface area contributed by atoms with Gasteiger partial charge in [0.15, 0.2) is 11.6 Å². The fourth-order valence-electron chi connectivity index (χ4n) is 1.13. The van der Waals surface area contributed by atoms with E-state index >= 15 is 0 Å². The molecule has 6 heteroatoms. The van der Waals surface area contributed by atoms with E-state index in [4.69, 9.17) is 0 Å². The quantitative estimate of drug-likeness (QED) is 0.756. The van der Waals surface area contributed by atoms with E-state index < -0.39 is 11.6 Å². The predicted octanol–water partition coefficient (Wildman–Crippen LogP) is 1.64. The SMILES string of the molecule is CCn1nnc(-c2ccc(F)c(F)c2)n1. The minimum atomic E-state index is -0.916. The number of benzene rings is 1. The summed E-state index contributed by atoms with van der Waals surface area (Å²) < 4.78 is 25.5. The highest BCUT2D eigenvalue weighted by atomic mass is 19.2. The molecule has 0 saturated heterocycles. The van der Waals surface area contributed by atoms with Crippen molar-refractivity contribution in [1.29, 1.82) is 0 Å². The first kappa shape index (κ1) is 9.70. The largest absolute Gasteiger partial charge is 0.205 e. The Morgan fingerprint density at radius 3 is 2.67 bits per heavy atom. The average Bonchev–Trinajstić information content (AvgIpc) is 2.70. The zero-order valence-corrected chi connectivity index (χ0v) is 7.98. The highest BCUT2D eigenvalue weighted by Crippen LogP contribution is 2.16. The maximum absolute atomic E-state index is 12.9. The van der Waals surface area contributed by atoms with Crippen molar-refractivity contribution in [2.75, 3.05) is 0 Å². The van der Waals surface area contributed by atoms with Crippen LogP contribution in [0.15, 0.2) is 18.2 Å². The molecule has 0 radical (unpaired) electrons. The standard InChI is InChI=1S/C9H8F2N4/c1-2-15-13-9(12-14-15)6-3-4-7(10)8(11)5-6/h3-5H,2H2,1H3. The van der Waals surface area contributed by atoms with Crippen LogP contribution in [-0.4, -0.2) is 20.2 Å². The third-order valence-corrected chi connectivity index (χ3v) is 1.91. The predicted molar refractivity (Wildman–Crippen MR) is 48.8 cm³/mol. The summed E-state index contributed by atoms with van der Waals surface area (Å²) in [6.45, 7) is 2.44. The second-order valence-electron chi connectivity index (χ2n) is 2.93. The minimum Gasteiger partial charge on any atom is -0.204 e. The molecule has 2 rings (SSSR count). The molecular weight excluding hydrogens is 202 g/mol. The highest BCUT2D eigenvalue weighted by molar-refractivity contribution is 5.53. The summed E-state index contributed by atoms with van der Waals surface area (Å²) in [5, 5.41) is 11.4. The van der Waals surface area contributed by atoms with Crippen molar-refractivity contribution >= 4 is 0 Å². The van der Waals surface area contributed by atoms with Gasteiger partial charge in [-0.25, -0.2) is 8.78 Å². The van der Waals surface area contributed by atoms with E-state index in [0.29, 0.717) is 12.1 Å². The molecule has 0 bridgehead atoms. The van der Waals surface area contributed by atoms with Crippen LogP contribution in [0.5, 0.6) is 0 Å². The summed E-state index contributed by atoms with van der Waals surface area (Å²) in [5.74, 6) is -1.52. The molecule has 4 nitrogen and oxygen atoms in total. The molecule has 0 atom stereocenters. The van der Waals surface area contributed by atoms with Crippen molar-refractivity contribution in [2.24, 2.45) is 0 Å². The van der Waals surface area contributed by atoms with Crippen LogP contribution < -0.4 is 0 Å². The first-order valence-corrected chi connectivity index (χ1v) is 4.44. The summed E-state index contributed by atoms with van der Waals surface area (Å²) in [6.07, 6.45) is 0. The Morgan fingerprint density at radius 1 is 1.27 bits per heavy atom. The van der Waals surface area contributed by atoms with Gasteiger partial charge in [-0.3, -0.25) is 0 Å². The molecule has 0 aliphatic rings. The third kappa shape index (κ3) is 1.83. The molecule has 0 fully saturated rings. The summed E-state index contributed by atoms with van der Waals surface area (Å²) in [4.78, 5) is 1.37. The fraction of sp³-hybridized carbons (Fsp3) is 0.222. The van der Waals surface area contributed by atoms with Crippen LogP contribution in [0.1, 0.15) is 6.92 Å². The Morgan fingerprint density at radius 2 is 2.07 bits per heavy atom. The van der Waals surface area contributed by atoms with Gasteiger partial charge in [0.05, 0.1) is 6.54 Å². The van der Waals surface area contributed by atoms with Gasteiger partial charge in [-0.15, -0.1) is 10.2 Å². The van der Waals surface area contributed by atoms with E-state index in [1.54, 1.807) is 0 Å². The van der Waals surface area contributed by atoms with Crippen molar-refractivity contribution in [2.45, 2.75) is 13.5 Å². The Bertz CT molecular complexity index is 481. The van der Waals surface area contributed by atoms with Crippen LogP contribution in [0, 0.1) is 11.6 Å². The number of rotatable bonds is 2. The Balaban J connectivity index is 2.40. The molecule has 0 N–H and O–H groups in total. The molecule has 0 aliphatic carbocycles. The number of hydrogen-bond acceptors (Lipinski definition) is 3. The lowest BCUT2D eigenvalue weighted by molar-refractivity contribution is 0.509. The molecule has 1 heterocycles. The number of aromatic nitrogens is 4. The summed E-state index contributed by atoms with van der Waals surface area (Å²) in [6, 6.07) is 3.50. The smallest absolute Gasteiger partial charge is 0.204 e. The van der Waals surface area contributed by atoms with Crippen molar-refractivity contribution in [3.8, 4) is 11.4 Å². The van der Waals surface area contributed by atoms with E-state index in [2.05, 4.69) is 15.4 Å². The van der Waals surface area contributed by atoms with Gasteiger partial charge in [0.1, 0.15) is 0 Å². The number of aryl methyl sites for hydroxylation is 1. The molecule has 0 spiro atoms. The van der Waals surface area contributed by atoms with Gasteiger partial charge in [-0.05, 0) is 30.3 Å². The number of tetrazole rings is 1. The van der Waals surface area contributed by atoms with E-state index in [1.165, 1.54) is 10.9 Å². The van der Waals surface area contributed by atoms with Crippen LogP contribution >= 0.6 is 0 Å². The topological polar surface area (TPSA) is 43.6 Å². The molecule has 15 heavy (non-hydrogen) atoms. The van der Waals surface area contributed by atoms with Gasteiger partial charge in [0.2, 0.25) is 5.82 Å². The zero-order valence-electron chi connectivity index (χ0n) is 7.98. The number of hydrogen-bond donors (Lipinski definition) is 0. The first-order chi connectivity index (χ1) is 7.20. The van der Waals surface area contributed by atoms with Gasteiger partial charge in [0, 0.05) is 5.56 Å². The maximum Gasteiger partial charge on any atom is 0.205 e. The van der Waals surface area contributed by atoms with Crippen molar-refractivity contribution in [3.05, 3.63) is 29.8 Å². The molecule has 1 aromatic carbocycles. The van der Waals surface area contributed by atoms with Crippen LogP contribution in [0.2, 0.25) is 0 Å². The normalized spacial score (nSPS) is 10.6. The lowest BCUT2D eigenvalue weighted by Gasteiger charge is -1.95. The zero-order chi connectivity index (χ0) is 10.8. The van der Waals surface area contributed by atoms with Crippen LogP contribution in [0.3, 0.4) is 0 Å². The Labute approximate surface area is 84.5 Å². The molecule has 2 aromatic rings. The van der Waals surface area contributed by atoms with Gasteiger partial charge >= 0.3 is 0 Å². The van der Waals surface area contributed by atoms with E-state index in [9.17, 15) is 8.78 Å². The van der Waals surface area contributed by atoms with Gasteiger partial charge in [-0.1, -0.05) is 0 Å². The maximum atomic E-state index is 12.9. The van der Waals surface area contributed by atoms with E-state index in [-0.39, 0.29) is 5.82 Å². The van der Waals surface area contributed by atoms with Crippen LogP contribution in [0.4, 0.5) is 8.78 Å². The molecule has 78 valence electrons. The van der Waals surface area contributed by atoms with Crippen LogP contribution in [0.25, 0.3) is 11.4 Å². The van der Waals surface area contributed by atoms with E-state index in [1.807, 2.05) is 6.92 Å². The second-order valence-corrected chi connectivity index (χ2v) is 2.93. The summed E-state index contributed by atoms with van der Waals surface area (Å²) >= 11 is 0. The second kappa shape index (κ2) is 3.72. The molecule has 0 amide bonds. The molecule has 1 aromatic heterocycles. The summed E-state index contributed by atoms with van der Waals surface area (Å²) in [5.41, 5.74) is 0.411. The molecule has 0 saturated carbocycles. The summed E-state index contributed by atoms with van der Waals surface area (Å²) in [7, 11) is 0. The highest BCUT2D eigenvalue weighted by Gasteiger charge is 2.08. The molecule has 0 aliphatic heterocycles. The fourth-order valence-corrected chi connectivity index (χ4v) is 1.13. The minimum absolute atomic E-state index is 0.288. The van der Waals surface area contributed by atoms with Crippen LogP contribution in [-0.2, 0) is 6.54 Å². The number of nitrogens with zero attached hydrogens (tertiary/aromatic N) is 4. The molecular formula is C9H8F2N4.